The van der Waals surface area contributed by atoms with Gasteiger partial charge in [-0.2, -0.15) is 0 Å². The summed E-state index contributed by atoms with van der Waals surface area (Å²) in [5.74, 6) is 5.33. The van der Waals surface area contributed by atoms with E-state index in [0.717, 1.165) is 10.0 Å². The summed E-state index contributed by atoms with van der Waals surface area (Å²) in [5, 5.41) is 0.666. The number of nitrogens with two attached hydrogens (primary N) is 1. The first-order chi connectivity index (χ1) is 6.19. The van der Waals surface area contributed by atoms with Gasteiger partial charge in [-0.1, -0.05) is 23.7 Å². The first-order valence-corrected chi connectivity index (χ1v) is 4.89. The molecule has 0 saturated carbocycles. The predicted octanol–water partition coefficient (Wildman–Crippen LogP) is 2.79. The van der Waals surface area contributed by atoms with Crippen LogP contribution in [0.5, 0.6) is 0 Å². The summed E-state index contributed by atoms with van der Waals surface area (Å²) >= 11 is 9.23. The second kappa shape index (κ2) is 4.77. The van der Waals surface area contributed by atoms with Crippen molar-refractivity contribution in [2.75, 3.05) is 0 Å². The van der Waals surface area contributed by atoms with Crippen LogP contribution in [0.1, 0.15) is 11.6 Å². The van der Waals surface area contributed by atoms with E-state index in [1.54, 1.807) is 6.08 Å². The molecular weight excluding hydrogens is 251 g/mol. The molecule has 1 unspecified atom stereocenters. The van der Waals surface area contributed by atoms with Crippen LogP contribution >= 0.6 is 27.5 Å². The summed E-state index contributed by atoms with van der Waals surface area (Å²) in [6, 6.07) is 5.59. The Morgan fingerprint density at radius 3 is 2.77 bits per heavy atom. The van der Waals surface area contributed by atoms with Crippen LogP contribution in [0.3, 0.4) is 0 Å². The topological polar surface area (TPSA) is 38.0 Å². The summed E-state index contributed by atoms with van der Waals surface area (Å²) in [6.45, 7) is 3.66. The van der Waals surface area contributed by atoms with Crippen molar-refractivity contribution in [2.45, 2.75) is 6.04 Å². The molecule has 0 aliphatic carbocycles. The van der Waals surface area contributed by atoms with Gasteiger partial charge in [0.15, 0.2) is 0 Å². The molecule has 0 heterocycles. The normalized spacial score (nSPS) is 12.5. The van der Waals surface area contributed by atoms with Crippen LogP contribution in [0, 0.1) is 0 Å². The summed E-state index contributed by atoms with van der Waals surface area (Å²) in [7, 11) is 0. The average molecular weight is 262 g/mol. The fourth-order valence-electron chi connectivity index (χ4n) is 1.01. The van der Waals surface area contributed by atoms with E-state index in [4.69, 9.17) is 17.4 Å². The lowest BCUT2D eigenvalue weighted by molar-refractivity contribution is 0.657. The van der Waals surface area contributed by atoms with E-state index in [9.17, 15) is 0 Å². The Bertz CT molecular complexity index is 314. The van der Waals surface area contributed by atoms with E-state index in [2.05, 4.69) is 27.9 Å². The third-order valence-corrected chi connectivity index (χ3v) is 2.95. The van der Waals surface area contributed by atoms with Gasteiger partial charge in [0, 0.05) is 4.47 Å². The van der Waals surface area contributed by atoms with E-state index in [0.29, 0.717) is 5.02 Å². The molecule has 70 valence electrons. The Hall–Kier alpha value is -0.350. The second-order valence-electron chi connectivity index (χ2n) is 2.55. The average Bonchev–Trinajstić information content (AvgIpc) is 2.13. The highest BCUT2D eigenvalue weighted by Gasteiger charge is 2.06. The molecule has 2 nitrogen and oxygen atoms in total. The standard InChI is InChI=1S/C9H10BrClN2/c1-2-9(13-12)6-3-4-7(10)8(11)5-6/h2-5,9,13H,1,12H2. The highest BCUT2D eigenvalue weighted by Crippen LogP contribution is 2.25. The number of hydrazine groups is 1. The van der Waals surface area contributed by atoms with Crippen LogP contribution in [-0.2, 0) is 0 Å². The minimum atomic E-state index is -0.0643. The van der Waals surface area contributed by atoms with Gasteiger partial charge in [-0.15, -0.1) is 6.58 Å². The Labute approximate surface area is 90.9 Å². The molecule has 13 heavy (non-hydrogen) atoms. The Kier molecular flexibility index (Phi) is 3.93. The van der Waals surface area contributed by atoms with Crippen molar-refractivity contribution in [1.29, 1.82) is 0 Å². The van der Waals surface area contributed by atoms with Gasteiger partial charge in [0.1, 0.15) is 0 Å². The van der Waals surface area contributed by atoms with Crippen LogP contribution in [0.25, 0.3) is 0 Å². The Morgan fingerprint density at radius 2 is 2.31 bits per heavy atom. The molecule has 0 spiro atoms. The van der Waals surface area contributed by atoms with Gasteiger partial charge in [0.05, 0.1) is 11.1 Å². The summed E-state index contributed by atoms with van der Waals surface area (Å²) in [5.41, 5.74) is 3.61. The third-order valence-electron chi connectivity index (χ3n) is 1.72. The number of rotatable bonds is 3. The zero-order valence-corrected chi connectivity index (χ0v) is 9.27. The van der Waals surface area contributed by atoms with Gasteiger partial charge in [-0.05, 0) is 33.6 Å². The molecule has 1 aromatic carbocycles. The molecule has 0 aliphatic rings. The first kappa shape index (κ1) is 10.7. The molecule has 3 N–H and O–H groups in total. The molecule has 0 radical (unpaired) electrons. The number of hydrogen-bond donors (Lipinski definition) is 2. The highest BCUT2D eigenvalue weighted by atomic mass is 79.9. The van der Waals surface area contributed by atoms with Crippen LogP contribution in [0.4, 0.5) is 0 Å². The van der Waals surface area contributed by atoms with E-state index in [1.165, 1.54) is 0 Å². The second-order valence-corrected chi connectivity index (χ2v) is 3.82. The SMILES string of the molecule is C=CC(NN)c1ccc(Br)c(Cl)c1. The van der Waals surface area contributed by atoms with Crippen molar-refractivity contribution in [3.8, 4) is 0 Å². The monoisotopic (exact) mass is 260 g/mol. The fourth-order valence-corrected chi connectivity index (χ4v) is 1.44. The quantitative estimate of drug-likeness (QED) is 0.499. The summed E-state index contributed by atoms with van der Waals surface area (Å²) in [4.78, 5) is 0. The molecule has 0 amide bonds. The summed E-state index contributed by atoms with van der Waals surface area (Å²) in [6.07, 6.45) is 1.72. The maximum atomic E-state index is 5.92. The third kappa shape index (κ3) is 2.54. The van der Waals surface area contributed by atoms with Crippen molar-refractivity contribution < 1.29 is 0 Å². The van der Waals surface area contributed by atoms with Crippen molar-refractivity contribution >= 4 is 27.5 Å². The number of benzene rings is 1. The molecule has 1 atom stereocenters. The van der Waals surface area contributed by atoms with E-state index in [-0.39, 0.29) is 6.04 Å². The van der Waals surface area contributed by atoms with Crippen molar-refractivity contribution in [1.82, 2.24) is 5.43 Å². The molecule has 0 bridgehead atoms. The van der Waals surface area contributed by atoms with Gasteiger partial charge in [0.25, 0.3) is 0 Å². The summed E-state index contributed by atoms with van der Waals surface area (Å²) < 4.78 is 0.873. The number of nitrogens with one attached hydrogen (secondary N) is 1. The fraction of sp³-hybridized carbons (Fsp3) is 0.111. The van der Waals surface area contributed by atoms with Gasteiger partial charge < -0.3 is 0 Å². The lowest BCUT2D eigenvalue weighted by Crippen LogP contribution is -2.26. The smallest absolute Gasteiger partial charge is 0.0638 e. The number of hydrogen-bond acceptors (Lipinski definition) is 2. The maximum absolute atomic E-state index is 5.92. The van der Waals surface area contributed by atoms with Crippen molar-refractivity contribution in [3.05, 3.63) is 45.9 Å². The van der Waals surface area contributed by atoms with E-state index < -0.39 is 0 Å². The van der Waals surface area contributed by atoms with Gasteiger partial charge in [0.2, 0.25) is 0 Å². The zero-order valence-electron chi connectivity index (χ0n) is 6.93. The predicted molar refractivity (Wildman–Crippen MR) is 59.4 cm³/mol. The van der Waals surface area contributed by atoms with E-state index in [1.807, 2.05) is 18.2 Å². The van der Waals surface area contributed by atoms with Crippen LogP contribution in [-0.4, -0.2) is 0 Å². The van der Waals surface area contributed by atoms with E-state index >= 15 is 0 Å². The zero-order chi connectivity index (χ0) is 9.84. The van der Waals surface area contributed by atoms with Gasteiger partial charge >= 0.3 is 0 Å². The van der Waals surface area contributed by atoms with Crippen LogP contribution in [0.2, 0.25) is 5.02 Å². The van der Waals surface area contributed by atoms with Gasteiger partial charge in [-0.25, -0.2) is 5.43 Å². The minimum absolute atomic E-state index is 0.0643. The Morgan fingerprint density at radius 1 is 1.62 bits per heavy atom. The first-order valence-electron chi connectivity index (χ1n) is 3.72. The largest absolute Gasteiger partial charge is 0.271 e. The molecular formula is C9H10BrClN2. The van der Waals surface area contributed by atoms with Crippen molar-refractivity contribution in [2.24, 2.45) is 5.84 Å². The number of halogens is 2. The molecule has 1 aromatic rings. The lowest BCUT2D eigenvalue weighted by Gasteiger charge is -2.11. The molecule has 0 saturated heterocycles. The van der Waals surface area contributed by atoms with Gasteiger partial charge in [-0.3, -0.25) is 5.84 Å². The minimum Gasteiger partial charge on any atom is -0.271 e. The van der Waals surface area contributed by atoms with Crippen molar-refractivity contribution in [3.63, 3.8) is 0 Å². The van der Waals surface area contributed by atoms with Crippen LogP contribution in [0.15, 0.2) is 35.3 Å². The lowest BCUT2D eigenvalue weighted by atomic mass is 10.1. The maximum Gasteiger partial charge on any atom is 0.0638 e. The molecule has 0 aromatic heterocycles. The molecule has 0 fully saturated rings. The molecule has 1 rings (SSSR count). The molecule has 4 heteroatoms. The molecule has 0 aliphatic heterocycles. The Balaban J connectivity index is 3.01. The van der Waals surface area contributed by atoms with Crippen LogP contribution < -0.4 is 11.3 Å². The highest BCUT2D eigenvalue weighted by molar-refractivity contribution is 9.10.